The monoisotopic (exact) mass is 431 g/mol. The van der Waals surface area contributed by atoms with E-state index in [2.05, 4.69) is 4.72 Å². The summed E-state index contributed by atoms with van der Waals surface area (Å²) in [5, 5.41) is 10.4. The quantitative estimate of drug-likeness (QED) is 0.631. The second-order valence-corrected chi connectivity index (χ2v) is 9.46. The number of halogens is 1. The number of hydrogen-bond acceptors (Lipinski definition) is 3. The van der Waals surface area contributed by atoms with Crippen LogP contribution in [0.2, 0.25) is 0 Å². The molecule has 0 heterocycles. The molecule has 2 aromatic carbocycles. The Morgan fingerprint density at radius 1 is 1.10 bits per heavy atom. The summed E-state index contributed by atoms with van der Waals surface area (Å²) in [5.74, 6) is -1.57. The van der Waals surface area contributed by atoms with Crippen LogP contribution in [0.1, 0.15) is 37.3 Å². The van der Waals surface area contributed by atoms with Gasteiger partial charge < -0.3 is 5.11 Å². The summed E-state index contributed by atoms with van der Waals surface area (Å²) in [6.45, 7) is 3.66. The standard InChI is InChI=1S/C22H22ClNO4S/c1-15(8-9-16(2)23)17-10-12-19(13-11-17)29(27,28)24-22(21(25)26)14-20(22)18-6-4-3-5-7-18/h3-13,20,24H,14H2,1-2H3,(H,25,26)/b15-8+,16-9+. The molecule has 1 aliphatic carbocycles. The molecule has 1 aliphatic rings. The second kappa shape index (κ2) is 8.14. The Morgan fingerprint density at radius 3 is 2.28 bits per heavy atom. The van der Waals surface area contributed by atoms with Crippen molar-refractivity contribution in [3.63, 3.8) is 0 Å². The number of sulfonamides is 1. The largest absolute Gasteiger partial charge is 0.480 e. The van der Waals surface area contributed by atoms with Crippen molar-refractivity contribution in [3.8, 4) is 0 Å². The van der Waals surface area contributed by atoms with Crippen molar-refractivity contribution < 1.29 is 18.3 Å². The first-order chi connectivity index (χ1) is 13.7. The van der Waals surface area contributed by atoms with Crippen LogP contribution in [0.5, 0.6) is 0 Å². The summed E-state index contributed by atoms with van der Waals surface area (Å²) in [6, 6.07) is 15.4. The fourth-order valence-corrected chi connectivity index (χ4v) is 4.74. The molecule has 0 radical (unpaired) electrons. The van der Waals surface area contributed by atoms with Gasteiger partial charge in [0.2, 0.25) is 10.0 Å². The molecule has 0 saturated heterocycles. The summed E-state index contributed by atoms with van der Waals surface area (Å²) in [5.41, 5.74) is 1.06. The van der Waals surface area contributed by atoms with Gasteiger partial charge in [-0.2, -0.15) is 4.72 Å². The highest BCUT2D eigenvalue weighted by molar-refractivity contribution is 7.89. The maximum atomic E-state index is 12.8. The molecule has 0 aromatic heterocycles. The lowest BCUT2D eigenvalue weighted by Crippen LogP contribution is -2.44. The first kappa shape index (κ1) is 21.3. The van der Waals surface area contributed by atoms with Gasteiger partial charge in [0.1, 0.15) is 5.54 Å². The molecule has 0 spiro atoms. The van der Waals surface area contributed by atoms with E-state index in [4.69, 9.17) is 11.6 Å². The normalized spacial score (nSPS) is 22.4. The molecular formula is C22H22ClNO4S. The van der Waals surface area contributed by atoms with E-state index in [1.807, 2.05) is 43.3 Å². The number of allylic oxidation sites excluding steroid dienone is 4. The van der Waals surface area contributed by atoms with Gasteiger partial charge in [-0.25, -0.2) is 8.42 Å². The Hall–Kier alpha value is -2.41. The van der Waals surface area contributed by atoms with Crippen LogP contribution in [0, 0.1) is 0 Å². The molecule has 29 heavy (non-hydrogen) atoms. The van der Waals surface area contributed by atoms with E-state index in [1.165, 1.54) is 12.1 Å². The maximum absolute atomic E-state index is 12.8. The second-order valence-electron chi connectivity index (χ2n) is 7.18. The van der Waals surface area contributed by atoms with Gasteiger partial charge >= 0.3 is 5.97 Å². The zero-order valence-corrected chi connectivity index (χ0v) is 17.7. The molecular weight excluding hydrogens is 410 g/mol. The van der Waals surface area contributed by atoms with Crippen molar-refractivity contribution in [2.45, 2.75) is 36.6 Å². The highest BCUT2D eigenvalue weighted by atomic mass is 35.5. The van der Waals surface area contributed by atoms with Crippen LogP contribution in [0.15, 0.2) is 76.7 Å². The SMILES string of the molecule is C/C(Cl)=C\C=C(/C)c1ccc(S(=O)(=O)NC2(C(=O)O)CC2c2ccccc2)cc1. The third-order valence-electron chi connectivity index (χ3n) is 5.04. The van der Waals surface area contributed by atoms with Crippen molar-refractivity contribution in [2.75, 3.05) is 0 Å². The fraction of sp³-hybridized carbons (Fsp3) is 0.227. The van der Waals surface area contributed by atoms with Gasteiger partial charge in [0.15, 0.2) is 0 Å². The zero-order chi connectivity index (χ0) is 21.2. The number of nitrogens with one attached hydrogen (secondary N) is 1. The van der Waals surface area contributed by atoms with Gasteiger partial charge in [-0.05, 0) is 55.2 Å². The number of carbonyl (C=O) groups is 1. The molecule has 0 amide bonds. The van der Waals surface area contributed by atoms with E-state index in [0.29, 0.717) is 5.03 Å². The minimum atomic E-state index is -3.99. The molecule has 0 bridgehead atoms. The Balaban J connectivity index is 1.83. The molecule has 1 saturated carbocycles. The number of carboxylic acid groups (broad SMARTS) is 1. The Bertz CT molecular complexity index is 1070. The average molecular weight is 432 g/mol. The number of rotatable bonds is 7. The molecule has 2 N–H and O–H groups in total. The van der Waals surface area contributed by atoms with Crippen molar-refractivity contribution in [1.29, 1.82) is 0 Å². The molecule has 2 unspecified atom stereocenters. The van der Waals surface area contributed by atoms with Gasteiger partial charge in [0.25, 0.3) is 0 Å². The summed E-state index contributed by atoms with van der Waals surface area (Å²) < 4.78 is 28.1. The van der Waals surface area contributed by atoms with Crippen LogP contribution >= 0.6 is 11.6 Å². The van der Waals surface area contributed by atoms with Gasteiger partial charge in [-0.1, -0.05) is 60.1 Å². The molecule has 0 aliphatic heterocycles. The van der Waals surface area contributed by atoms with Gasteiger partial charge in [-0.15, -0.1) is 0 Å². The highest BCUT2D eigenvalue weighted by Crippen LogP contribution is 2.52. The number of carboxylic acids is 1. The van der Waals surface area contributed by atoms with Crippen LogP contribution in [0.3, 0.4) is 0 Å². The summed E-state index contributed by atoms with van der Waals surface area (Å²) in [6.07, 6.45) is 3.82. The van der Waals surface area contributed by atoms with E-state index in [0.717, 1.165) is 16.7 Å². The first-order valence-corrected chi connectivity index (χ1v) is 11.0. The van der Waals surface area contributed by atoms with Crippen LogP contribution in [0.4, 0.5) is 0 Å². The molecule has 152 valence electrons. The lowest BCUT2D eigenvalue weighted by atomic mass is 10.1. The predicted octanol–water partition coefficient (Wildman–Crippen LogP) is 4.52. The minimum Gasteiger partial charge on any atom is -0.480 e. The van der Waals surface area contributed by atoms with Gasteiger partial charge in [0, 0.05) is 11.0 Å². The minimum absolute atomic E-state index is 0.0254. The average Bonchev–Trinajstić information content (AvgIpc) is 3.41. The molecule has 3 rings (SSSR count). The Labute approximate surface area is 175 Å². The number of benzene rings is 2. The summed E-state index contributed by atoms with van der Waals surface area (Å²) >= 11 is 5.82. The van der Waals surface area contributed by atoms with Crippen LogP contribution < -0.4 is 4.72 Å². The molecule has 1 fully saturated rings. The first-order valence-electron chi connectivity index (χ1n) is 9.09. The van der Waals surface area contributed by atoms with Gasteiger partial charge in [-0.3, -0.25) is 4.79 Å². The third kappa shape index (κ3) is 4.61. The fourth-order valence-electron chi connectivity index (χ4n) is 3.28. The van der Waals surface area contributed by atoms with E-state index < -0.39 is 27.4 Å². The van der Waals surface area contributed by atoms with E-state index >= 15 is 0 Å². The molecule has 7 heteroatoms. The number of aliphatic carboxylic acids is 1. The van der Waals surface area contributed by atoms with Crippen molar-refractivity contribution in [2.24, 2.45) is 0 Å². The smallest absolute Gasteiger partial charge is 0.325 e. The lowest BCUT2D eigenvalue weighted by molar-refractivity contribution is -0.140. The van der Waals surface area contributed by atoms with Gasteiger partial charge in [0.05, 0.1) is 4.90 Å². The topological polar surface area (TPSA) is 83.5 Å². The Morgan fingerprint density at radius 2 is 1.72 bits per heavy atom. The van der Waals surface area contributed by atoms with Crippen LogP contribution in [-0.4, -0.2) is 25.0 Å². The van der Waals surface area contributed by atoms with Crippen LogP contribution in [0.25, 0.3) is 5.57 Å². The Kier molecular flexibility index (Phi) is 5.98. The number of hydrogen-bond donors (Lipinski definition) is 2. The van der Waals surface area contributed by atoms with Crippen LogP contribution in [-0.2, 0) is 14.8 Å². The van der Waals surface area contributed by atoms with E-state index in [-0.39, 0.29) is 11.3 Å². The zero-order valence-electron chi connectivity index (χ0n) is 16.1. The highest BCUT2D eigenvalue weighted by Gasteiger charge is 2.63. The summed E-state index contributed by atoms with van der Waals surface area (Å²) in [4.78, 5) is 11.9. The van der Waals surface area contributed by atoms with Crippen molar-refractivity contribution >= 4 is 33.2 Å². The molecule has 5 nitrogen and oxygen atoms in total. The third-order valence-corrected chi connectivity index (χ3v) is 6.70. The van der Waals surface area contributed by atoms with E-state index in [9.17, 15) is 18.3 Å². The molecule has 2 aromatic rings. The summed E-state index contributed by atoms with van der Waals surface area (Å²) in [7, 11) is -3.99. The lowest BCUT2D eigenvalue weighted by Gasteiger charge is -2.16. The van der Waals surface area contributed by atoms with E-state index in [1.54, 1.807) is 25.1 Å². The molecule has 2 atom stereocenters. The van der Waals surface area contributed by atoms with Crippen molar-refractivity contribution in [3.05, 3.63) is 82.9 Å². The predicted molar refractivity (Wildman–Crippen MR) is 114 cm³/mol. The van der Waals surface area contributed by atoms with Crippen molar-refractivity contribution in [1.82, 2.24) is 4.72 Å². The maximum Gasteiger partial charge on any atom is 0.325 e.